The van der Waals surface area contributed by atoms with Crippen LogP contribution >= 0.6 is 0 Å². The van der Waals surface area contributed by atoms with Crippen molar-refractivity contribution in [3.63, 3.8) is 0 Å². The van der Waals surface area contributed by atoms with Gasteiger partial charge in [0, 0.05) is 6.54 Å². The Labute approximate surface area is 83.4 Å². The molecular weight excluding hydrogens is 182 g/mol. The third kappa shape index (κ3) is 2.99. The first-order chi connectivity index (χ1) is 6.63. The van der Waals surface area contributed by atoms with Gasteiger partial charge < -0.3 is 5.32 Å². The summed E-state index contributed by atoms with van der Waals surface area (Å²) in [5.74, 6) is 4.64. The molecule has 0 aromatic carbocycles. The fourth-order valence-electron chi connectivity index (χ4n) is 1.89. The standard InChI is InChI=1S/C9H17N3O2/c1-6-2-3-7(4-6)5-11-8(13)9(14)12-10/h6-7H,2-5,10H2,1H3,(H,11,13)(H,12,14). The van der Waals surface area contributed by atoms with Crippen LogP contribution in [0.5, 0.6) is 0 Å². The summed E-state index contributed by atoms with van der Waals surface area (Å²) in [6, 6.07) is 0. The molecule has 2 amide bonds. The van der Waals surface area contributed by atoms with Crippen molar-refractivity contribution in [2.24, 2.45) is 17.7 Å². The zero-order valence-electron chi connectivity index (χ0n) is 8.38. The smallest absolute Gasteiger partial charge is 0.323 e. The lowest BCUT2D eigenvalue weighted by atomic mass is 10.1. The van der Waals surface area contributed by atoms with Gasteiger partial charge in [-0.3, -0.25) is 15.0 Å². The minimum absolute atomic E-state index is 0.513. The number of carbonyl (C=O) groups is 2. The molecule has 0 heterocycles. The molecule has 1 saturated carbocycles. The molecule has 1 fully saturated rings. The zero-order chi connectivity index (χ0) is 10.6. The minimum Gasteiger partial charge on any atom is -0.348 e. The average Bonchev–Trinajstić information content (AvgIpc) is 2.59. The fraction of sp³-hybridized carbons (Fsp3) is 0.778. The van der Waals surface area contributed by atoms with Crippen LogP contribution in [-0.2, 0) is 9.59 Å². The summed E-state index contributed by atoms with van der Waals surface area (Å²) >= 11 is 0. The topological polar surface area (TPSA) is 84.2 Å². The average molecular weight is 199 g/mol. The van der Waals surface area contributed by atoms with Crippen molar-refractivity contribution < 1.29 is 9.59 Å². The van der Waals surface area contributed by atoms with Crippen LogP contribution in [0.2, 0.25) is 0 Å². The van der Waals surface area contributed by atoms with Gasteiger partial charge in [0.25, 0.3) is 0 Å². The maximum absolute atomic E-state index is 11.0. The number of hydrazine groups is 1. The molecule has 0 bridgehead atoms. The first kappa shape index (κ1) is 11.0. The van der Waals surface area contributed by atoms with Gasteiger partial charge in [-0.25, -0.2) is 5.84 Å². The molecule has 0 aliphatic heterocycles. The summed E-state index contributed by atoms with van der Waals surface area (Å²) in [6.45, 7) is 2.78. The van der Waals surface area contributed by atoms with Crippen LogP contribution in [0, 0.1) is 11.8 Å². The molecule has 1 aliphatic carbocycles. The van der Waals surface area contributed by atoms with E-state index in [1.165, 1.54) is 6.42 Å². The highest BCUT2D eigenvalue weighted by molar-refractivity contribution is 6.34. The highest BCUT2D eigenvalue weighted by atomic mass is 16.2. The van der Waals surface area contributed by atoms with Crippen molar-refractivity contribution in [3.05, 3.63) is 0 Å². The van der Waals surface area contributed by atoms with Crippen LogP contribution in [0.3, 0.4) is 0 Å². The van der Waals surface area contributed by atoms with E-state index in [0.717, 1.165) is 18.8 Å². The van der Waals surface area contributed by atoms with E-state index in [4.69, 9.17) is 5.84 Å². The first-order valence-corrected chi connectivity index (χ1v) is 4.92. The molecule has 5 nitrogen and oxygen atoms in total. The molecule has 0 radical (unpaired) electrons. The van der Waals surface area contributed by atoms with Gasteiger partial charge >= 0.3 is 11.8 Å². The van der Waals surface area contributed by atoms with Gasteiger partial charge in [-0.05, 0) is 24.7 Å². The van der Waals surface area contributed by atoms with Gasteiger partial charge in [-0.1, -0.05) is 13.3 Å². The van der Waals surface area contributed by atoms with Crippen LogP contribution in [-0.4, -0.2) is 18.4 Å². The zero-order valence-corrected chi connectivity index (χ0v) is 8.38. The Morgan fingerprint density at radius 3 is 2.57 bits per heavy atom. The molecule has 2 atom stereocenters. The number of hydrogen-bond donors (Lipinski definition) is 3. The van der Waals surface area contributed by atoms with Crippen molar-refractivity contribution >= 4 is 11.8 Å². The van der Waals surface area contributed by atoms with Gasteiger partial charge in [0.15, 0.2) is 0 Å². The Morgan fingerprint density at radius 2 is 2.07 bits per heavy atom. The van der Waals surface area contributed by atoms with Gasteiger partial charge in [-0.2, -0.15) is 0 Å². The summed E-state index contributed by atoms with van der Waals surface area (Å²) in [5.41, 5.74) is 1.80. The Hall–Kier alpha value is -1.10. The number of carbonyl (C=O) groups excluding carboxylic acids is 2. The number of nitrogens with one attached hydrogen (secondary N) is 2. The number of rotatable bonds is 2. The van der Waals surface area contributed by atoms with Gasteiger partial charge in [0.1, 0.15) is 0 Å². The van der Waals surface area contributed by atoms with Crippen molar-refractivity contribution in [2.45, 2.75) is 26.2 Å². The molecule has 0 spiro atoms. The van der Waals surface area contributed by atoms with Crippen LogP contribution in [0.25, 0.3) is 0 Å². The van der Waals surface area contributed by atoms with E-state index in [0.29, 0.717) is 12.5 Å². The molecule has 0 saturated heterocycles. The lowest BCUT2D eigenvalue weighted by molar-refractivity contribution is -0.139. The molecule has 2 unspecified atom stereocenters. The van der Waals surface area contributed by atoms with E-state index in [1.807, 2.05) is 0 Å². The summed E-state index contributed by atoms with van der Waals surface area (Å²) in [6.07, 6.45) is 3.47. The second-order valence-electron chi connectivity index (χ2n) is 3.97. The maximum Gasteiger partial charge on any atom is 0.323 e. The fourth-order valence-corrected chi connectivity index (χ4v) is 1.89. The summed E-state index contributed by atoms with van der Waals surface area (Å²) in [7, 11) is 0. The predicted octanol–water partition coefficient (Wildman–Crippen LogP) is -0.471. The highest BCUT2D eigenvalue weighted by Crippen LogP contribution is 2.29. The van der Waals surface area contributed by atoms with Gasteiger partial charge in [0.05, 0.1) is 0 Å². The lowest BCUT2D eigenvalue weighted by Gasteiger charge is -2.09. The van der Waals surface area contributed by atoms with E-state index >= 15 is 0 Å². The number of hydrogen-bond acceptors (Lipinski definition) is 3. The van der Waals surface area contributed by atoms with Gasteiger partial charge in [0.2, 0.25) is 0 Å². The van der Waals surface area contributed by atoms with E-state index in [2.05, 4.69) is 12.2 Å². The number of nitrogens with two attached hydrogens (primary N) is 1. The third-order valence-electron chi connectivity index (χ3n) is 2.69. The van der Waals surface area contributed by atoms with E-state index < -0.39 is 11.8 Å². The molecule has 80 valence electrons. The summed E-state index contributed by atoms with van der Waals surface area (Å²) in [4.78, 5) is 21.7. The molecule has 0 aromatic rings. The van der Waals surface area contributed by atoms with Crippen molar-refractivity contribution in [1.82, 2.24) is 10.7 Å². The minimum atomic E-state index is -0.781. The first-order valence-electron chi connectivity index (χ1n) is 4.92. The van der Waals surface area contributed by atoms with Crippen LogP contribution in [0.1, 0.15) is 26.2 Å². The van der Waals surface area contributed by atoms with Crippen LogP contribution in [0.15, 0.2) is 0 Å². The molecule has 4 N–H and O–H groups in total. The quantitative estimate of drug-likeness (QED) is 0.243. The largest absolute Gasteiger partial charge is 0.348 e. The van der Waals surface area contributed by atoms with E-state index in [-0.39, 0.29) is 0 Å². The molecule has 5 heteroatoms. The Bertz CT molecular complexity index is 230. The number of amides is 2. The van der Waals surface area contributed by atoms with Crippen molar-refractivity contribution in [1.29, 1.82) is 0 Å². The summed E-state index contributed by atoms with van der Waals surface area (Å²) < 4.78 is 0. The third-order valence-corrected chi connectivity index (χ3v) is 2.69. The summed E-state index contributed by atoms with van der Waals surface area (Å²) in [5, 5.41) is 2.56. The molecule has 1 rings (SSSR count). The highest BCUT2D eigenvalue weighted by Gasteiger charge is 2.22. The van der Waals surface area contributed by atoms with E-state index in [9.17, 15) is 9.59 Å². The SMILES string of the molecule is CC1CCC(CNC(=O)C(=O)NN)C1. The maximum atomic E-state index is 11.0. The Balaban J connectivity index is 2.20. The lowest BCUT2D eigenvalue weighted by Crippen LogP contribution is -2.44. The monoisotopic (exact) mass is 199 g/mol. The van der Waals surface area contributed by atoms with Crippen LogP contribution < -0.4 is 16.6 Å². The molecular formula is C9H17N3O2. The van der Waals surface area contributed by atoms with Gasteiger partial charge in [-0.15, -0.1) is 0 Å². The van der Waals surface area contributed by atoms with Crippen molar-refractivity contribution in [2.75, 3.05) is 6.54 Å². The Morgan fingerprint density at radius 1 is 1.36 bits per heavy atom. The molecule has 0 aromatic heterocycles. The normalized spacial score (nSPS) is 25.9. The second-order valence-corrected chi connectivity index (χ2v) is 3.97. The second kappa shape index (κ2) is 4.95. The van der Waals surface area contributed by atoms with E-state index in [1.54, 1.807) is 5.43 Å². The Kier molecular flexibility index (Phi) is 3.88. The predicted molar refractivity (Wildman–Crippen MR) is 51.8 cm³/mol. The van der Waals surface area contributed by atoms with Crippen molar-refractivity contribution in [3.8, 4) is 0 Å². The van der Waals surface area contributed by atoms with Crippen LogP contribution in [0.4, 0.5) is 0 Å². The molecule has 14 heavy (non-hydrogen) atoms. The molecule has 1 aliphatic rings.